The van der Waals surface area contributed by atoms with Gasteiger partial charge in [-0.05, 0) is 38.0 Å². The quantitative estimate of drug-likeness (QED) is 0.866. The number of hydrogen-bond acceptors (Lipinski definition) is 2. The van der Waals surface area contributed by atoms with Gasteiger partial charge in [-0.15, -0.1) is 0 Å². The lowest BCUT2D eigenvalue weighted by Gasteiger charge is -2.11. The highest BCUT2D eigenvalue weighted by atomic mass is 15.0. The Morgan fingerprint density at radius 2 is 2.11 bits per heavy atom. The monoisotopic (exact) mass is 255 g/mol. The molecule has 0 fully saturated rings. The van der Waals surface area contributed by atoms with E-state index in [0.29, 0.717) is 0 Å². The molecule has 0 unspecified atom stereocenters. The van der Waals surface area contributed by atoms with Crippen LogP contribution in [0.1, 0.15) is 32.4 Å². The molecule has 0 saturated heterocycles. The number of aromatic nitrogens is 2. The molecule has 100 valence electrons. The molecule has 0 aliphatic heterocycles. The lowest BCUT2D eigenvalue weighted by molar-refractivity contribution is 1.02. The van der Waals surface area contributed by atoms with Gasteiger partial charge in [-0.1, -0.05) is 26.0 Å². The first-order chi connectivity index (χ1) is 9.34. The summed E-state index contributed by atoms with van der Waals surface area (Å²) in [5.41, 5.74) is 4.34. The van der Waals surface area contributed by atoms with Crippen molar-refractivity contribution in [1.29, 1.82) is 0 Å². The molecule has 2 heterocycles. The third kappa shape index (κ3) is 2.87. The Bertz CT molecular complexity index is 605. The maximum absolute atomic E-state index is 4.43. The average Bonchev–Trinajstić information content (AvgIpc) is 2.85. The second-order valence-corrected chi connectivity index (χ2v) is 4.28. The maximum atomic E-state index is 4.43. The lowest BCUT2D eigenvalue weighted by Crippen LogP contribution is -2.01. The standard InChI is InChI=1S/C14H15N3.C2H6/c1-11-10-15-14-13(8-5-9-17(11)14)16-12-6-3-2-4-7-12;1-2/h3,5-10,16H,2,4H2,1H3;1-2H3. The molecular formula is C16H21N3. The van der Waals surface area contributed by atoms with Gasteiger partial charge in [-0.2, -0.15) is 0 Å². The van der Waals surface area contributed by atoms with Gasteiger partial charge < -0.3 is 9.72 Å². The molecule has 1 aliphatic rings. The van der Waals surface area contributed by atoms with Crippen LogP contribution in [0.25, 0.3) is 5.65 Å². The van der Waals surface area contributed by atoms with Crippen molar-refractivity contribution in [2.24, 2.45) is 0 Å². The molecule has 0 aromatic carbocycles. The maximum Gasteiger partial charge on any atom is 0.160 e. The summed E-state index contributed by atoms with van der Waals surface area (Å²) >= 11 is 0. The molecule has 0 spiro atoms. The van der Waals surface area contributed by atoms with Crippen LogP contribution in [-0.2, 0) is 0 Å². The summed E-state index contributed by atoms with van der Waals surface area (Å²) in [6.07, 6.45) is 12.7. The third-order valence-electron chi connectivity index (χ3n) is 2.99. The van der Waals surface area contributed by atoms with E-state index >= 15 is 0 Å². The summed E-state index contributed by atoms with van der Waals surface area (Å²) < 4.78 is 2.09. The van der Waals surface area contributed by atoms with Gasteiger partial charge in [0, 0.05) is 23.8 Å². The van der Waals surface area contributed by atoms with Gasteiger partial charge in [-0.3, -0.25) is 0 Å². The fourth-order valence-corrected chi connectivity index (χ4v) is 2.09. The predicted molar refractivity (Wildman–Crippen MR) is 81.4 cm³/mol. The van der Waals surface area contributed by atoms with Gasteiger partial charge in [0.2, 0.25) is 0 Å². The number of imidazole rings is 1. The number of aryl methyl sites for hydroxylation is 1. The van der Waals surface area contributed by atoms with Crippen molar-refractivity contribution in [3.63, 3.8) is 0 Å². The summed E-state index contributed by atoms with van der Waals surface area (Å²) in [7, 11) is 0. The molecule has 2 aromatic rings. The molecule has 1 N–H and O–H groups in total. The van der Waals surface area contributed by atoms with E-state index in [9.17, 15) is 0 Å². The highest BCUT2D eigenvalue weighted by molar-refractivity contribution is 5.70. The normalized spacial score (nSPS) is 13.7. The number of rotatable bonds is 2. The van der Waals surface area contributed by atoms with E-state index in [2.05, 4.69) is 45.9 Å². The first-order valence-corrected chi connectivity index (χ1v) is 6.91. The van der Waals surface area contributed by atoms with E-state index in [0.717, 1.165) is 35.6 Å². The van der Waals surface area contributed by atoms with Crippen LogP contribution < -0.4 is 5.32 Å². The van der Waals surface area contributed by atoms with Crippen molar-refractivity contribution in [3.05, 3.63) is 54.1 Å². The molecule has 19 heavy (non-hydrogen) atoms. The number of anilines is 1. The number of pyridine rings is 1. The molecule has 2 aromatic heterocycles. The second kappa shape index (κ2) is 6.23. The van der Waals surface area contributed by atoms with Gasteiger partial charge >= 0.3 is 0 Å². The molecule has 3 rings (SSSR count). The Hall–Kier alpha value is -2.03. The number of nitrogens with zero attached hydrogens (tertiary/aromatic N) is 2. The van der Waals surface area contributed by atoms with Crippen LogP contribution >= 0.6 is 0 Å². The van der Waals surface area contributed by atoms with Crippen molar-refractivity contribution in [2.45, 2.75) is 33.6 Å². The van der Waals surface area contributed by atoms with Gasteiger partial charge in [0.05, 0.1) is 5.69 Å². The Kier molecular flexibility index (Phi) is 4.39. The van der Waals surface area contributed by atoms with Crippen LogP contribution in [0.3, 0.4) is 0 Å². The highest BCUT2D eigenvalue weighted by Crippen LogP contribution is 2.20. The topological polar surface area (TPSA) is 29.3 Å². The summed E-state index contributed by atoms with van der Waals surface area (Å²) in [6, 6.07) is 4.10. The zero-order valence-corrected chi connectivity index (χ0v) is 11.9. The fourth-order valence-electron chi connectivity index (χ4n) is 2.09. The van der Waals surface area contributed by atoms with E-state index in [1.807, 2.05) is 32.3 Å². The zero-order valence-electron chi connectivity index (χ0n) is 11.9. The van der Waals surface area contributed by atoms with Gasteiger partial charge in [0.15, 0.2) is 5.65 Å². The Morgan fingerprint density at radius 1 is 1.26 bits per heavy atom. The van der Waals surface area contributed by atoms with Gasteiger partial charge in [-0.25, -0.2) is 4.98 Å². The Balaban J connectivity index is 0.000000637. The third-order valence-corrected chi connectivity index (χ3v) is 2.99. The first kappa shape index (κ1) is 13.4. The highest BCUT2D eigenvalue weighted by Gasteiger charge is 2.05. The zero-order chi connectivity index (χ0) is 13.7. The number of nitrogens with one attached hydrogen (secondary N) is 1. The number of fused-ring (bicyclic) bond motifs is 1. The summed E-state index contributed by atoms with van der Waals surface area (Å²) in [5.74, 6) is 0. The molecule has 3 heteroatoms. The van der Waals surface area contributed by atoms with Crippen LogP contribution in [0.5, 0.6) is 0 Å². The minimum Gasteiger partial charge on any atom is -0.353 e. The van der Waals surface area contributed by atoms with Crippen LogP contribution in [0.2, 0.25) is 0 Å². The molecule has 1 aliphatic carbocycles. The Morgan fingerprint density at radius 3 is 2.84 bits per heavy atom. The van der Waals surface area contributed by atoms with Crippen LogP contribution in [-0.4, -0.2) is 9.38 Å². The largest absolute Gasteiger partial charge is 0.353 e. The molecule has 3 nitrogen and oxygen atoms in total. The first-order valence-electron chi connectivity index (χ1n) is 6.91. The summed E-state index contributed by atoms with van der Waals surface area (Å²) in [5, 5.41) is 3.43. The van der Waals surface area contributed by atoms with E-state index in [-0.39, 0.29) is 0 Å². The van der Waals surface area contributed by atoms with Crippen molar-refractivity contribution in [2.75, 3.05) is 5.32 Å². The minimum absolute atomic E-state index is 0.977. The second-order valence-electron chi connectivity index (χ2n) is 4.28. The molecule has 0 bridgehead atoms. The van der Waals surface area contributed by atoms with Crippen LogP contribution in [0.15, 0.2) is 48.5 Å². The number of hydrogen-bond donors (Lipinski definition) is 1. The van der Waals surface area contributed by atoms with E-state index in [1.165, 1.54) is 0 Å². The van der Waals surface area contributed by atoms with E-state index in [1.54, 1.807) is 0 Å². The summed E-state index contributed by atoms with van der Waals surface area (Å²) in [6.45, 7) is 6.06. The van der Waals surface area contributed by atoms with E-state index in [4.69, 9.17) is 0 Å². The van der Waals surface area contributed by atoms with E-state index < -0.39 is 0 Å². The van der Waals surface area contributed by atoms with Crippen LogP contribution in [0, 0.1) is 6.92 Å². The van der Waals surface area contributed by atoms with Gasteiger partial charge in [0.1, 0.15) is 0 Å². The average molecular weight is 255 g/mol. The van der Waals surface area contributed by atoms with Crippen molar-refractivity contribution in [3.8, 4) is 0 Å². The summed E-state index contributed by atoms with van der Waals surface area (Å²) in [4.78, 5) is 4.43. The molecule has 0 amide bonds. The smallest absolute Gasteiger partial charge is 0.160 e. The minimum atomic E-state index is 0.977. The van der Waals surface area contributed by atoms with Crippen molar-refractivity contribution in [1.82, 2.24) is 9.38 Å². The lowest BCUT2D eigenvalue weighted by atomic mass is 10.1. The van der Waals surface area contributed by atoms with Crippen LogP contribution in [0.4, 0.5) is 5.69 Å². The SMILES string of the molecule is CC.Cc1cnc2c(NC3=CCCC=C3)cccn12. The number of allylic oxidation sites excluding steroid dienone is 3. The van der Waals surface area contributed by atoms with Crippen molar-refractivity contribution < 1.29 is 0 Å². The molecular weight excluding hydrogens is 234 g/mol. The Labute approximate surface area is 114 Å². The van der Waals surface area contributed by atoms with Gasteiger partial charge in [0.25, 0.3) is 0 Å². The van der Waals surface area contributed by atoms with Crippen molar-refractivity contribution >= 4 is 11.3 Å². The molecule has 0 radical (unpaired) electrons. The molecule has 0 saturated carbocycles. The fraction of sp³-hybridized carbons (Fsp3) is 0.312. The predicted octanol–water partition coefficient (Wildman–Crippen LogP) is 4.31. The molecule has 0 atom stereocenters.